The van der Waals surface area contributed by atoms with Crippen molar-refractivity contribution in [3.8, 4) is 0 Å². The van der Waals surface area contributed by atoms with Crippen molar-refractivity contribution < 1.29 is 19.4 Å². The molecule has 7 heteroatoms. The fourth-order valence-corrected chi connectivity index (χ4v) is 5.92. The maximum Gasteiger partial charge on any atom is 0.315 e. The Labute approximate surface area is 249 Å². The molecule has 0 bridgehead atoms. The average molecular weight is 570 g/mol. The van der Waals surface area contributed by atoms with Gasteiger partial charge in [-0.05, 0) is 35.1 Å². The topological polar surface area (TPSA) is 83.1 Å². The maximum atomic E-state index is 12.3. The van der Waals surface area contributed by atoms with Crippen LogP contribution in [0.3, 0.4) is 0 Å². The van der Waals surface area contributed by atoms with Gasteiger partial charge in [0.2, 0.25) is 0 Å². The van der Waals surface area contributed by atoms with E-state index in [1.165, 1.54) is 25.7 Å². The summed E-state index contributed by atoms with van der Waals surface area (Å²) >= 11 is 0. The highest BCUT2D eigenvalue weighted by Gasteiger charge is 2.34. The summed E-state index contributed by atoms with van der Waals surface area (Å²) in [4.78, 5) is 14.8. The number of carbonyl (C=O) groups is 1. The zero-order chi connectivity index (χ0) is 29.1. The van der Waals surface area contributed by atoms with Gasteiger partial charge in [0.15, 0.2) is 6.29 Å². The Bertz CT molecular complexity index is 1260. The lowest BCUT2D eigenvalue weighted by Crippen LogP contribution is -2.43. The van der Waals surface area contributed by atoms with E-state index in [0.29, 0.717) is 19.1 Å². The molecule has 3 aromatic carbocycles. The van der Waals surface area contributed by atoms with Gasteiger partial charge >= 0.3 is 6.03 Å². The lowest BCUT2D eigenvalue weighted by atomic mass is 9.99. The first kappa shape index (κ1) is 30.0. The number of amides is 2. The lowest BCUT2D eigenvalue weighted by molar-refractivity contribution is -0.253. The molecule has 3 aromatic rings. The second-order valence-electron chi connectivity index (χ2n) is 11.3. The second kappa shape index (κ2) is 15.1. The van der Waals surface area contributed by atoms with E-state index in [0.717, 1.165) is 47.3 Å². The Morgan fingerprint density at radius 1 is 0.857 bits per heavy atom. The summed E-state index contributed by atoms with van der Waals surface area (Å²) in [7, 11) is 0. The van der Waals surface area contributed by atoms with Crippen molar-refractivity contribution in [3.63, 3.8) is 0 Å². The third kappa shape index (κ3) is 8.29. The number of ether oxygens (including phenoxy) is 2. The largest absolute Gasteiger partial charge is 0.392 e. The fourth-order valence-electron chi connectivity index (χ4n) is 5.92. The molecular formula is C35H43N3O4. The van der Waals surface area contributed by atoms with Crippen LogP contribution in [0.4, 0.5) is 4.79 Å². The van der Waals surface area contributed by atoms with Crippen LogP contribution in [0, 0.1) is 0 Å². The summed E-state index contributed by atoms with van der Waals surface area (Å²) in [5.74, 6) is 0. The summed E-state index contributed by atoms with van der Waals surface area (Å²) in [6.07, 6.45) is 7.16. The molecule has 3 atom stereocenters. The summed E-state index contributed by atoms with van der Waals surface area (Å²) in [6.45, 7) is 6.63. The molecule has 0 radical (unpaired) electrons. The Morgan fingerprint density at radius 2 is 1.48 bits per heavy atom. The van der Waals surface area contributed by atoms with Gasteiger partial charge in [0.05, 0.1) is 18.8 Å². The maximum absolute atomic E-state index is 12.3. The van der Waals surface area contributed by atoms with Gasteiger partial charge in [0, 0.05) is 44.2 Å². The molecule has 0 spiro atoms. The van der Waals surface area contributed by atoms with Crippen LogP contribution in [-0.4, -0.2) is 41.3 Å². The number of hydrogen-bond donors (Lipinski definition) is 3. The van der Waals surface area contributed by atoms with Crippen LogP contribution in [-0.2, 0) is 29.2 Å². The summed E-state index contributed by atoms with van der Waals surface area (Å²) in [5.41, 5.74) is 4.97. The Balaban J connectivity index is 1.23. The van der Waals surface area contributed by atoms with Crippen molar-refractivity contribution in [2.45, 2.75) is 76.3 Å². The van der Waals surface area contributed by atoms with Gasteiger partial charge in [-0.25, -0.2) is 4.79 Å². The number of aliphatic hydroxyl groups excluding tert-OH is 1. The van der Waals surface area contributed by atoms with E-state index in [9.17, 15) is 9.90 Å². The third-order valence-electron chi connectivity index (χ3n) is 8.26. The SMILES string of the molecule is C=CCN(CC1CC(c2ccc(CO)cc2)OC(c2ccc(CNC(=O)NCc3ccccc3)cc2)O1)C1CCCC1. The van der Waals surface area contributed by atoms with Crippen molar-refractivity contribution in [1.29, 1.82) is 0 Å². The average Bonchev–Trinajstić information content (AvgIpc) is 3.58. The highest BCUT2D eigenvalue weighted by atomic mass is 16.7. The monoisotopic (exact) mass is 569 g/mol. The van der Waals surface area contributed by atoms with Gasteiger partial charge in [0.25, 0.3) is 0 Å². The van der Waals surface area contributed by atoms with E-state index in [1.54, 1.807) is 0 Å². The van der Waals surface area contributed by atoms with E-state index in [2.05, 4.69) is 22.1 Å². The van der Waals surface area contributed by atoms with Crippen LogP contribution in [0.1, 0.15) is 72.3 Å². The molecule has 2 aliphatic rings. The Hall–Kier alpha value is -3.49. The Kier molecular flexibility index (Phi) is 10.8. The van der Waals surface area contributed by atoms with Gasteiger partial charge in [-0.1, -0.05) is 97.8 Å². The summed E-state index contributed by atoms with van der Waals surface area (Å²) in [6, 6.07) is 26.3. The van der Waals surface area contributed by atoms with Crippen molar-refractivity contribution in [3.05, 3.63) is 119 Å². The number of hydrogen-bond acceptors (Lipinski definition) is 5. The molecule has 2 amide bonds. The molecular weight excluding hydrogens is 526 g/mol. The molecule has 3 unspecified atom stereocenters. The molecule has 1 aliphatic heterocycles. The second-order valence-corrected chi connectivity index (χ2v) is 11.3. The summed E-state index contributed by atoms with van der Waals surface area (Å²) in [5, 5.41) is 15.3. The Morgan fingerprint density at radius 3 is 2.12 bits per heavy atom. The van der Waals surface area contributed by atoms with Gasteiger partial charge in [-0.3, -0.25) is 4.90 Å². The highest BCUT2D eigenvalue weighted by molar-refractivity contribution is 5.73. The van der Waals surface area contributed by atoms with Crippen molar-refractivity contribution in [2.75, 3.05) is 13.1 Å². The van der Waals surface area contributed by atoms with E-state index < -0.39 is 6.29 Å². The van der Waals surface area contributed by atoms with Crippen molar-refractivity contribution in [2.24, 2.45) is 0 Å². The predicted molar refractivity (Wildman–Crippen MR) is 164 cm³/mol. The van der Waals surface area contributed by atoms with Crippen LogP contribution in [0.25, 0.3) is 0 Å². The molecule has 1 saturated carbocycles. The molecule has 5 rings (SSSR count). The zero-order valence-corrected chi connectivity index (χ0v) is 24.3. The molecule has 2 fully saturated rings. The van der Waals surface area contributed by atoms with E-state index in [1.807, 2.05) is 84.9 Å². The third-order valence-corrected chi connectivity index (χ3v) is 8.26. The van der Waals surface area contributed by atoms with Crippen LogP contribution in [0.2, 0.25) is 0 Å². The predicted octanol–water partition coefficient (Wildman–Crippen LogP) is 6.15. The lowest BCUT2D eigenvalue weighted by Gasteiger charge is -2.39. The minimum Gasteiger partial charge on any atom is -0.392 e. The number of rotatable bonds is 12. The molecule has 42 heavy (non-hydrogen) atoms. The normalized spacial score (nSPS) is 20.9. The van der Waals surface area contributed by atoms with Gasteiger partial charge in [0.1, 0.15) is 0 Å². The molecule has 1 heterocycles. The van der Waals surface area contributed by atoms with Crippen LogP contribution in [0.5, 0.6) is 0 Å². The first-order valence-corrected chi connectivity index (χ1v) is 15.1. The van der Waals surface area contributed by atoms with E-state index in [-0.39, 0.29) is 24.8 Å². The molecule has 3 N–H and O–H groups in total. The van der Waals surface area contributed by atoms with Crippen molar-refractivity contribution >= 4 is 6.03 Å². The number of carbonyl (C=O) groups excluding carboxylic acids is 1. The number of aliphatic hydroxyl groups is 1. The number of urea groups is 1. The van der Waals surface area contributed by atoms with Crippen molar-refractivity contribution in [1.82, 2.24) is 15.5 Å². The molecule has 7 nitrogen and oxygen atoms in total. The molecule has 0 aromatic heterocycles. The molecule has 1 aliphatic carbocycles. The van der Waals surface area contributed by atoms with Crippen LogP contribution in [0.15, 0.2) is 91.5 Å². The fraction of sp³-hybridized carbons (Fsp3) is 0.400. The highest BCUT2D eigenvalue weighted by Crippen LogP contribution is 2.38. The summed E-state index contributed by atoms with van der Waals surface area (Å²) < 4.78 is 13.1. The number of nitrogens with zero attached hydrogens (tertiary/aromatic N) is 1. The first-order chi connectivity index (χ1) is 20.6. The number of benzene rings is 3. The van der Waals surface area contributed by atoms with Gasteiger partial charge in [-0.15, -0.1) is 6.58 Å². The first-order valence-electron chi connectivity index (χ1n) is 15.1. The number of nitrogens with one attached hydrogen (secondary N) is 2. The minimum atomic E-state index is -0.503. The van der Waals surface area contributed by atoms with E-state index in [4.69, 9.17) is 9.47 Å². The zero-order valence-electron chi connectivity index (χ0n) is 24.3. The van der Waals surface area contributed by atoms with Crippen LogP contribution < -0.4 is 10.6 Å². The van der Waals surface area contributed by atoms with Crippen LogP contribution >= 0.6 is 0 Å². The quantitative estimate of drug-likeness (QED) is 0.228. The van der Waals surface area contributed by atoms with Gasteiger partial charge < -0.3 is 25.2 Å². The minimum absolute atomic E-state index is 0.00136. The van der Waals surface area contributed by atoms with E-state index >= 15 is 0 Å². The smallest absolute Gasteiger partial charge is 0.315 e. The molecule has 1 saturated heterocycles. The standard InChI is InChI=1S/C35H43N3O4/c1-2-20-38(31-10-6-7-11-31)24-32-21-33(29-16-14-28(25-39)15-17-29)42-34(41-32)30-18-12-27(13-19-30)23-37-35(40)36-22-26-8-4-3-5-9-26/h2-5,8-9,12-19,31-34,39H,1,6-7,10-11,20-25H2,(H2,36,37,40). The molecule has 222 valence electrons. The van der Waals surface area contributed by atoms with Gasteiger partial charge in [-0.2, -0.15) is 0 Å².